The molecule has 3 aliphatic carbocycles. The van der Waals surface area contributed by atoms with Crippen LogP contribution in [0.25, 0.3) is 0 Å². The van der Waals surface area contributed by atoms with Gasteiger partial charge in [-0.05, 0) is 94.3 Å². The number of ether oxygens (including phenoxy) is 2. The van der Waals surface area contributed by atoms with Gasteiger partial charge in [-0.15, -0.1) is 0 Å². The van der Waals surface area contributed by atoms with Crippen LogP contribution >= 0.6 is 0 Å². The lowest BCUT2D eigenvalue weighted by molar-refractivity contribution is -0.159. The largest absolute Gasteiger partial charge is 0.393 e. The van der Waals surface area contributed by atoms with E-state index in [2.05, 4.69) is 20.4 Å². The minimum absolute atomic E-state index is 0.151. The van der Waals surface area contributed by atoms with Crippen LogP contribution in [0.2, 0.25) is 0 Å². The fraction of sp³-hybridized carbons (Fsp3) is 0.913. The summed E-state index contributed by atoms with van der Waals surface area (Å²) in [5.74, 6) is 0.583. The van der Waals surface area contributed by atoms with Crippen LogP contribution < -0.4 is 0 Å². The molecule has 7 atom stereocenters. The second-order valence-electron chi connectivity index (χ2n) is 10.7. The molecule has 0 spiro atoms. The van der Waals surface area contributed by atoms with Crippen LogP contribution in [0.15, 0.2) is 12.2 Å². The second-order valence-corrected chi connectivity index (χ2v) is 10.7. The minimum Gasteiger partial charge on any atom is -0.393 e. The maximum Gasteiger partial charge on any atom is 0.163 e. The lowest BCUT2D eigenvalue weighted by atomic mass is 9.52. The molecule has 0 aromatic heterocycles. The maximum absolute atomic E-state index is 10.4. The molecule has 0 bridgehead atoms. The van der Waals surface area contributed by atoms with Gasteiger partial charge in [0, 0.05) is 0 Å². The highest BCUT2D eigenvalue weighted by Crippen LogP contribution is 2.59. The van der Waals surface area contributed by atoms with Crippen LogP contribution in [0.1, 0.15) is 85.5 Å². The molecule has 3 heteroatoms. The monoisotopic (exact) mass is 362 g/mol. The average molecular weight is 363 g/mol. The molecular formula is C23H38O3. The Morgan fingerprint density at radius 2 is 1.88 bits per heavy atom. The van der Waals surface area contributed by atoms with Crippen LogP contribution in [0.3, 0.4) is 0 Å². The van der Waals surface area contributed by atoms with Crippen LogP contribution in [-0.2, 0) is 9.47 Å². The zero-order valence-corrected chi connectivity index (χ0v) is 17.2. The molecule has 1 saturated heterocycles. The lowest BCUT2D eigenvalue weighted by Crippen LogP contribution is -2.55. The summed E-state index contributed by atoms with van der Waals surface area (Å²) in [6, 6.07) is 0. The number of aliphatic hydroxyl groups is 1. The van der Waals surface area contributed by atoms with E-state index in [0.717, 1.165) is 25.7 Å². The Morgan fingerprint density at radius 1 is 1.12 bits per heavy atom. The molecule has 0 aromatic carbocycles. The van der Waals surface area contributed by atoms with Crippen molar-refractivity contribution in [1.82, 2.24) is 0 Å². The molecule has 3 nitrogen and oxygen atoms in total. The number of aliphatic hydroxyl groups excluding tert-OH is 1. The number of allylic oxidation sites excluding steroid dienone is 1. The van der Waals surface area contributed by atoms with E-state index in [4.69, 9.17) is 9.47 Å². The Kier molecular flexibility index (Phi) is 4.61. The van der Waals surface area contributed by atoms with Crippen LogP contribution in [0, 0.1) is 22.7 Å². The van der Waals surface area contributed by atoms with Crippen LogP contribution in [0.4, 0.5) is 0 Å². The molecule has 3 saturated carbocycles. The van der Waals surface area contributed by atoms with E-state index in [1.165, 1.54) is 37.7 Å². The standard InChI is InChI=1S/C23H38O3/c1-15-7-6-10-22(15,4)11-8-16-13-19-20(26-21(2,3)25-19)18-14-17(24)9-12-23(16,18)5/h16-20,24H,1,6-14H2,2-5H3. The van der Waals surface area contributed by atoms with Crippen molar-refractivity contribution >= 4 is 0 Å². The van der Waals surface area contributed by atoms with E-state index >= 15 is 0 Å². The topological polar surface area (TPSA) is 38.7 Å². The lowest BCUT2D eigenvalue weighted by Gasteiger charge is -2.55. The summed E-state index contributed by atoms with van der Waals surface area (Å²) in [6.07, 6.45) is 10.5. The van der Waals surface area contributed by atoms with Gasteiger partial charge in [0.2, 0.25) is 0 Å². The normalized spacial score (nSPS) is 50.5. The fourth-order valence-electron chi connectivity index (χ4n) is 6.71. The van der Waals surface area contributed by atoms with Crippen molar-refractivity contribution < 1.29 is 14.6 Å². The van der Waals surface area contributed by atoms with E-state index in [9.17, 15) is 5.11 Å². The predicted octanol–water partition coefficient (Wildman–Crippen LogP) is 5.22. The van der Waals surface area contributed by atoms with Gasteiger partial charge in [-0.2, -0.15) is 0 Å². The first-order chi connectivity index (χ1) is 12.1. The van der Waals surface area contributed by atoms with Crippen molar-refractivity contribution in [2.75, 3.05) is 0 Å². The van der Waals surface area contributed by atoms with Gasteiger partial charge in [-0.25, -0.2) is 0 Å². The summed E-state index contributed by atoms with van der Waals surface area (Å²) in [7, 11) is 0. The van der Waals surface area contributed by atoms with Gasteiger partial charge in [0.1, 0.15) is 0 Å². The van der Waals surface area contributed by atoms with E-state index in [-0.39, 0.29) is 23.7 Å². The van der Waals surface area contributed by atoms with Crippen molar-refractivity contribution in [2.45, 2.75) is 110 Å². The number of hydrogen-bond donors (Lipinski definition) is 1. The Balaban J connectivity index is 1.55. The number of rotatable bonds is 3. The third-order valence-corrected chi connectivity index (χ3v) is 8.56. The summed E-state index contributed by atoms with van der Waals surface area (Å²) in [5, 5.41) is 10.4. The highest BCUT2D eigenvalue weighted by Gasteiger charge is 2.59. The summed E-state index contributed by atoms with van der Waals surface area (Å²) in [4.78, 5) is 0. The first kappa shape index (κ1) is 19.0. The van der Waals surface area contributed by atoms with Crippen molar-refractivity contribution in [1.29, 1.82) is 0 Å². The number of fused-ring (bicyclic) bond motifs is 3. The second kappa shape index (κ2) is 6.32. The molecule has 1 N–H and O–H groups in total. The quantitative estimate of drug-likeness (QED) is 0.700. The molecule has 1 aliphatic heterocycles. The summed E-state index contributed by atoms with van der Waals surface area (Å²) >= 11 is 0. The van der Waals surface area contributed by atoms with Gasteiger partial charge in [0.05, 0.1) is 18.3 Å². The molecule has 7 unspecified atom stereocenters. The molecular weight excluding hydrogens is 324 g/mol. The SMILES string of the molecule is C=C1CCCC1(C)CCC1CC2OC(C)(C)OC2C2CC(O)CCC12C. The van der Waals surface area contributed by atoms with E-state index in [0.29, 0.717) is 17.3 Å². The van der Waals surface area contributed by atoms with Crippen LogP contribution in [-0.4, -0.2) is 29.2 Å². The zero-order chi connectivity index (χ0) is 18.7. The molecule has 0 aromatic rings. The average Bonchev–Trinajstić information content (AvgIpc) is 3.05. The fourth-order valence-corrected chi connectivity index (χ4v) is 6.71. The van der Waals surface area contributed by atoms with Gasteiger partial charge in [0.25, 0.3) is 0 Å². The molecule has 4 rings (SSSR count). The molecule has 26 heavy (non-hydrogen) atoms. The summed E-state index contributed by atoms with van der Waals surface area (Å²) < 4.78 is 12.7. The molecule has 0 amide bonds. The molecule has 148 valence electrons. The molecule has 1 heterocycles. The van der Waals surface area contributed by atoms with Crippen molar-refractivity contribution in [3.63, 3.8) is 0 Å². The maximum atomic E-state index is 10.4. The zero-order valence-electron chi connectivity index (χ0n) is 17.2. The minimum atomic E-state index is -0.487. The van der Waals surface area contributed by atoms with E-state index in [1.807, 2.05) is 13.8 Å². The van der Waals surface area contributed by atoms with Gasteiger partial charge in [-0.1, -0.05) is 26.0 Å². The Morgan fingerprint density at radius 3 is 2.58 bits per heavy atom. The van der Waals surface area contributed by atoms with Crippen molar-refractivity contribution in [3.05, 3.63) is 12.2 Å². The Bertz CT molecular complexity index is 570. The van der Waals surface area contributed by atoms with E-state index < -0.39 is 5.79 Å². The third-order valence-electron chi connectivity index (χ3n) is 8.56. The Labute approximate surface area is 159 Å². The molecule has 4 aliphatic rings. The number of hydrogen-bond acceptors (Lipinski definition) is 3. The smallest absolute Gasteiger partial charge is 0.163 e. The van der Waals surface area contributed by atoms with Gasteiger partial charge >= 0.3 is 0 Å². The van der Waals surface area contributed by atoms with Gasteiger partial charge in [0.15, 0.2) is 5.79 Å². The first-order valence-corrected chi connectivity index (χ1v) is 10.8. The highest BCUT2D eigenvalue weighted by atomic mass is 16.8. The summed E-state index contributed by atoms with van der Waals surface area (Å²) in [5.41, 5.74) is 2.07. The highest BCUT2D eigenvalue weighted by molar-refractivity contribution is 5.14. The van der Waals surface area contributed by atoms with Crippen LogP contribution in [0.5, 0.6) is 0 Å². The predicted molar refractivity (Wildman–Crippen MR) is 104 cm³/mol. The molecule has 4 fully saturated rings. The third kappa shape index (κ3) is 3.08. The van der Waals surface area contributed by atoms with Gasteiger partial charge < -0.3 is 14.6 Å². The van der Waals surface area contributed by atoms with Crippen molar-refractivity contribution in [3.8, 4) is 0 Å². The Hall–Kier alpha value is -0.380. The molecule has 0 radical (unpaired) electrons. The van der Waals surface area contributed by atoms with Gasteiger partial charge in [-0.3, -0.25) is 0 Å². The van der Waals surface area contributed by atoms with Crippen molar-refractivity contribution in [2.24, 2.45) is 22.7 Å². The summed E-state index contributed by atoms with van der Waals surface area (Å²) in [6.45, 7) is 13.4. The van der Waals surface area contributed by atoms with E-state index in [1.54, 1.807) is 0 Å². The first-order valence-electron chi connectivity index (χ1n) is 10.8.